The lowest BCUT2D eigenvalue weighted by molar-refractivity contribution is -0.138. The molecule has 0 aliphatic heterocycles. The van der Waals surface area contributed by atoms with Gasteiger partial charge in [0.1, 0.15) is 0 Å². The largest absolute Gasteiger partial charge is 0.352 e. The number of rotatable bonds is 4. The molecule has 2 unspecified atom stereocenters. The second-order valence-corrected chi connectivity index (χ2v) is 5.24. The fourth-order valence-corrected chi connectivity index (χ4v) is 2.37. The summed E-state index contributed by atoms with van der Waals surface area (Å²) in [7, 11) is 1.68. The Balaban J connectivity index is 1.79. The van der Waals surface area contributed by atoms with Crippen LogP contribution >= 0.6 is 0 Å². The molecule has 2 aliphatic rings. The van der Waals surface area contributed by atoms with Crippen molar-refractivity contribution in [2.75, 3.05) is 13.6 Å². The van der Waals surface area contributed by atoms with E-state index < -0.39 is 0 Å². The third-order valence-corrected chi connectivity index (χ3v) is 3.59. The van der Waals surface area contributed by atoms with Crippen molar-refractivity contribution >= 4 is 11.8 Å². The Labute approximate surface area is 102 Å². The van der Waals surface area contributed by atoms with Crippen LogP contribution in [0.25, 0.3) is 0 Å². The van der Waals surface area contributed by atoms with Gasteiger partial charge in [0.15, 0.2) is 0 Å². The summed E-state index contributed by atoms with van der Waals surface area (Å²) in [6.45, 7) is 0.151. The number of nitrogens with zero attached hydrogens (tertiary/aromatic N) is 1. The van der Waals surface area contributed by atoms with Gasteiger partial charge in [-0.3, -0.25) is 9.59 Å². The van der Waals surface area contributed by atoms with E-state index in [9.17, 15) is 9.59 Å². The van der Waals surface area contributed by atoms with Crippen LogP contribution in [0.1, 0.15) is 32.1 Å². The molecular formula is C12H21N3O2. The van der Waals surface area contributed by atoms with E-state index in [4.69, 9.17) is 5.73 Å². The molecule has 2 amide bonds. The molecule has 0 bridgehead atoms. The van der Waals surface area contributed by atoms with Gasteiger partial charge in [-0.05, 0) is 25.7 Å². The standard InChI is InChI=1S/C12H21N3O2/c1-15(7-11(16)14-8-5-6-8)12(17)9-3-2-4-10(9)13/h8-10H,2-7,13H2,1H3,(H,14,16). The molecule has 5 heteroatoms. The number of likely N-dealkylation sites (N-methyl/N-ethyl adjacent to an activating group) is 1. The molecular weight excluding hydrogens is 218 g/mol. The normalized spacial score (nSPS) is 27.9. The molecule has 0 aromatic carbocycles. The number of hydrogen-bond donors (Lipinski definition) is 2. The predicted molar refractivity (Wildman–Crippen MR) is 64.1 cm³/mol. The highest BCUT2D eigenvalue weighted by molar-refractivity contribution is 5.86. The minimum absolute atomic E-state index is 0.0148. The quantitative estimate of drug-likeness (QED) is 0.716. The number of nitrogens with one attached hydrogen (secondary N) is 1. The van der Waals surface area contributed by atoms with Crippen molar-refractivity contribution in [3.8, 4) is 0 Å². The lowest BCUT2D eigenvalue weighted by Gasteiger charge is -2.22. The lowest BCUT2D eigenvalue weighted by atomic mass is 10.0. The first kappa shape index (κ1) is 12.4. The summed E-state index contributed by atoms with van der Waals surface area (Å²) >= 11 is 0. The third-order valence-electron chi connectivity index (χ3n) is 3.59. The first-order chi connectivity index (χ1) is 8.08. The van der Waals surface area contributed by atoms with Crippen molar-refractivity contribution < 1.29 is 9.59 Å². The highest BCUT2D eigenvalue weighted by atomic mass is 16.2. The Kier molecular flexibility index (Phi) is 3.66. The molecule has 96 valence electrons. The second kappa shape index (κ2) is 5.04. The van der Waals surface area contributed by atoms with E-state index in [1.165, 1.54) is 4.90 Å². The molecule has 2 saturated carbocycles. The number of carbonyl (C=O) groups excluding carboxylic acids is 2. The van der Waals surface area contributed by atoms with Gasteiger partial charge in [0.2, 0.25) is 11.8 Å². The van der Waals surface area contributed by atoms with E-state index in [1.54, 1.807) is 7.05 Å². The Morgan fingerprint density at radius 1 is 1.29 bits per heavy atom. The van der Waals surface area contributed by atoms with Crippen LogP contribution in [-0.4, -0.2) is 42.4 Å². The molecule has 0 saturated heterocycles. The predicted octanol–water partition coefficient (Wildman–Crippen LogP) is -0.149. The summed E-state index contributed by atoms with van der Waals surface area (Å²) in [5, 5.41) is 2.88. The van der Waals surface area contributed by atoms with Crippen LogP contribution in [0.15, 0.2) is 0 Å². The van der Waals surface area contributed by atoms with Gasteiger partial charge in [-0.2, -0.15) is 0 Å². The molecule has 0 aromatic heterocycles. The Hall–Kier alpha value is -1.10. The summed E-state index contributed by atoms with van der Waals surface area (Å²) < 4.78 is 0. The maximum absolute atomic E-state index is 12.1. The fourth-order valence-electron chi connectivity index (χ4n) is 2.37. The van der Waals surface area contributed by atoms with Crippen molar-refractivity contribution in [1.82, 2.24) is 10.2 Å². The summed E-state index contributed by atoms with van der Waals surface area (Å²) in [5.41, 5.74) is 5.89. The zero-order valence-corrected chi connectivity index (χ0v) is 10.3. The Bertz CT molecular complexity index is 315. The molecule has 17 heavy (non-hydrogen) atoms. The molecule has 0 heterocycles. The molecule has 5 nitrogen and oxygen atoms in total. The average molecular weight is 239 g/mol. The van der Waals surface area contributed by atoms with E-state index in [2.05, 4.69) is 5.32 Å². The molecule has 2 fully saturated rings. The van der Waals surface area contributed by atoms with Crippen LogP contribution in [0.5, 0.6) is 0 Å². The maximum Gasteiger partial charge on any atom is 0.239 e. The number of amides is 2. The second-order valence-electron chi connectivity index (χ2n) is 5.24. The van der Waals surface area contributed by atoms with Crippen LogP contribution < -0.4 is 11.1 Å². The average Bonchev–Trinajstić information content (AvgIpc) is 2.97. The van der Waals surface area contributed by atoms with Gasteiger partial charge in [-0.1, -0.05) is 6.42 Å². The number of nitrogens with two attached hydrogens (primary N) is 1. The van der Waals surface area contributed by atoms with E-state index in [0.29, 0.717) is 6.04 Å². The Morgan fingerprint density at radius 2 is 2.00 bits per heavy atom. The van der Waals surface area contributed by atoms with Crippen molar-refractivity contribution in [3.63, 3.8) is 0 Å². The molecule has 2 atom stereocenters. The van der Waals surface area contributed by atoms with E-state index in [-0.39, 0.29) is 30.3 Å². The van der Waals surface area contributed by atoms with Crippen molar-refractivity contribution in [2.24, 2.45) is 11.7 Å². The smallest absolute Gasteiger partial charge is 0.239 e. The first-order valence-electron chi connectivity index (χ1n) is 6.38. The van der Waals surface area contributed by atoms with Gasteiger partial charge in [-0.15, -0.1) is 0 Å². The minimum atomic E-state index is -0.0891. The van der Waals surface area contributed by atoms with Gasteiger partial charge >= 0.3 is 0 Å². The summed E-state index contributed by atoms with van der Waals surface area (Å²) in [5.74, 6) is -0.135. The summed E-state index contributed by atoms with van der Waals surface area (Å²) in [6.07, 6.45) is 4.92. The van der Waals surface area contributed by atoms with Gasteiger partial charge in [0.05, 0.1) is 12.5 Å². The topological polar surface area (TPSA) is 75.4 Å². The van der Waals surface area contributed by atoms with Gasteiger partial charge < -0.3 is 16.0 Å². The van der Waals surface area contributed by atoms with Crippen molar-refractivity contribution in [3.05, 3.63) is 0 Å². The Morgan fingerprint density at radius 3 is 2.53 bits per heavy atom. The van der Waals surface area contributed by atoms with E-state index in [0.717, 1.165) is 32.1 Å². The van der Waals surface area contributed by atoms with Crippen LogP contribution in [-0.2, 0) is 9.59 Å². The first-order valence-corrected chi connectivity index (χ1v) is 6.38. The summed E-state index contributed by atoms with van der Waals surface area (Å²) in [4.78, 5) is 25.1. The van der Waals surface area contributed by atoms with Crippen molar-refractivity contribution in [1.29, 1.82) is 0 Å². The van der Waals surface area contributed by atoms with E-state index >= 15 is 0 Å². The monoisotopic (exact) mass is 239 g/mol. The van der Waals surface area contributed by atoms with Crippen LogP contribution in [0, 0.1) is 5.92 Å². The molecule has 3 N–H and O–H groups in total. The van der Waals surface area contributed by atoms with Gasteiger partial charge in [0, 0.05) is 19.1 Å². The molecule has 0 spiro atoms. The fraction of sp³-hybridized carbons (Fsp3) is 0.833. The van der Waals surface area contributed by atoms with Crippen molar-refractivity contribution in [2.45, 2.75) is 44.2 Å². The van der Waals surface area contributed by atoms with Crippen LogP contribution in [0.2, 0.25) is 0 Å². The molecule has 0 aromatic rings. The highest BCUT2D eigenvalue weighted by Gasteiger charge is 2.33. The van der Waals surface area contributed by atoms with Crippen LogP contribution in [0.3, 0.4) is 0 Å². The number of carbonyl (C=O) groups is 2. The van der Waals surface area contributed by atoms with E-state index in [1.807, 2.05) is 0 Å². The van der Waals surface area contributed by atoms with Gasteiger partial charge in [-0.25, -0.2) is 0 Å². The minimum Gasteiger partial charge on any atom is -0.352 e. The van der Waals surface area contributed by atoms with Gasteiger partial charge in [0.25, 0.3) is 0 Å². The zero-order valence-electron chi connectivity index (χ0n) is 10.3. The highest BCUT2D eigenvalue weighted by Crippen LogP contribution is 2.25. The maximum atomic E-state index is 12.1. The molecule has 2 aliphatic carbocycles. The molecule has 2 rings (SSSR count). The molecule has 0 radical (unpaired) electrons. The zero-order chi connectivity index (χ0) is 12.4. The van der Waals surface area contributed by atoms with Crippen LogP contribution in [0.4, 0.5) is 0 Å². The summed E-state index contributed by atoms with van der Waals surface area (Å²) in [6, 6.07) is 0.316. The lowest BCUT2D eigenvalue weighted by Crippen LogP contribution is -2.44. The number of hydrogen-bond acceptors (Lipinski definition) is 3. The third kappa shape index (κ3) is 3.19. The SMILES string of the molecule is CN(CC(=O)NC1CC1)C(=O)C1CCCC1N.